The second-order valence-electron chi connectivity index (χ2n) is 8.88. The Hall–Kier alpha value is -4.00. The van der Waals surface area contributed by atoms with Crippen LogP contribution in [-0.4, -0.2) is 42.6 Å². The maximum atomic E-state index is 13.7. The molecule has 7 nitrogen and oxygen atoms in total. The van der Waals surface area contributed by atoms with Crippen LogP contribution in [0.1, 0.15) is 39.8 Å². The van der Waals surface area contributed by atoms with E-state index in [1.807, 2.05) is 69.2 Å². The summed E-state index contributed by atoms with van der Waals surface area (Å²) in [5, 5.41) is 6.31. The van der Waals surface area contributed by atoms with Gasteiger partial charge in [-0.2, -0.15) is 5.10 Å². The van der Waals surface area contributed by atoms with Gasteiger partial charge in [0, 0.05) is 54.1 Å². The molecule has 0 saturated heterocycles. The average Bonchev–Trinajstić information content (AvgIpc) is 3.43. The molecule has 1 N–H and O–H groups in total. The van der Waals surface area contributed by atoms with Crippen molar-refractivity contribution in [2.75, 3.05) is 7.05 Å². The first-order valence-electron chi connectivity index (χ1n) is 11.5. The molecule has 7 heteroatoms. The topological polar surface area (TPSA) is 79.7 Å². The quantitative estimate of drug-likeness (QED) is 0.398. The van der Waals surface area contributed by atoms with Crippen LogP contribution >= 0.6 is 0 Å². The van der Waals surface area contributed by atoms with Crippen LogP contribution in [0.5, 0.6) is 0 Å². The van der Waals surface area contributed by atoms with Crippen molar-refractivity contribution in [1.29, 1.82) is 0 Å². The van der Waals surface area contributed by atoms with E-state index in [1.165, 1.54) is 0 Å². The molecule has 0 fully saturated rings. The lowest BCUT2D eigenvalue weighted by Gasteiger charge is -2.18. The summed E-state index contributed by atoms with van der Waals surface area (Å²) in [6.07, 6.45) is 3.76. The predicted octanol–water partition coefficient (Wildman–Crippen LogP) is 5.19. The molecular formula is C27H28N6O. The normalized spacial score (nSPS) is 11.4. The van der Waals surface area contributed by atoms with Crippen molar-refractivity contribution in [1.82, 2.24) is 29.6 Å². The van der Waals surface area contributed by atoms with E-state index in [0.717, 1.165) is 56.3 Å². The highest BCUT2D eigenvalue weighted by Crippen LogP contribution is 2.29. The Balaban J connectivity index is 1.61. The summed E-state index contributed by atoms with van der Waals surface area (Å²) in [5.41, 5.74) is 7.32. The van der Waals surface area contributed by atoms with Crippen molar-refractivity contribution in [2.45, 2.75) is 40.8 Å². The minimum Gasteiger partial charge on any atom is -0.361 e. The third kappa shape index (κ3) is 3.73. The molecule has 5 rings (SSSR count). The van der Waals surface area contributed by atoms with Crippen LogP contribution in [0.4, 0.5) is 0 Å². The number of H-pyrrole nitrogens is 1. The largest absolute Gasteiger partial charge is 0.361 e. The number of carbonyl (C=O) groups is 1. The second kappa shape index (κ2) is 8.41. The summed E-state index contributed by atoms with van der Waals surface area (Å²) in [4.78, 5) is 28.3. The summed E-state index contributed by atoms with van der Waals surface area (Å²) < 4.78 is 1.94. The number of hydrogen-bond donors (Lipinski definition) is 1. The predicted molar refractivity (Wildman–Crippen MR) is 135 cm³/mol. The number of fused-ring (bicyclic) bond motifs is 2. The number of aromatic amines is 1. The molecule has 0 aliphatic heterocycles. The fourth-order valence-corrected chi connectivity index (χ4v) is 4.45. The highest BCUT2D eigenvalue weighted by molar-refractivity contribution is 6.05. The van der Waals surface area contributed by atoms with E-state index in [4.69, 9.17) is 9.97 Å². The van der Waals surface area contributed by atoms with Gasteiger partial charge in [0.1, 0.15) is 5.69 Å². The molecule has 34 heavy (non-hydrogen) atoms. The maximum Gasteiger partial charge on any atom is 0.273 e. The zero-order valence-corrected chi connectivity index (χ0v) is 20.2. The zero-order valence-electron chi connectivity index (χ0n) is 20.2. The van der Waals surface area contributed by atoms with Crippen LogP contribution in [0, 0.1) is 20.8 Å². The van der Waals surface area contributed by atoms with Gasteiger partial charge in [-0.1, -0.05) is 11.6 Å². The third-order valence-corrected chi connectivity index (χ3v) is 6.45. The first-order valence-corrected chi connectivity index (χ1v) is 11.5. The number of nitrogens with zero attached hydrogens (tertiary/aromatic N) is 5. The Kier molecular flexibility index (Phi) is 5.40. The lowest BCUT2D eigenvalue weighted by Crippen LogP contribution is -2.28. The van der Waals surface area contributed by atoms with E-state index < -0.39 is 0 Å². The van der Waals surface area contributed by atoms with E-state index in [0.29, 0.717) is 18.1 Å². The van der Waals surface area contributed by atoms with Gasteiger partial charge in [0.15, 0.2) is 5.82 Å². The summed E-state index contributed by atoms with van der Waals surface area (Å²) in [7, 11) is 1.81. The van der Waals surface area contributed by atoms with E-state index in [-0.39, 0.29) is 5.91 Å². The molecule has 0 saturated carbocycles. The average molecular weight is 453 g/mol. The van der Waals surface area contributed by atoms with Crippen molar-refractivity contribution < 1.29 is 4.79 Å². The summed E-state index contributed by atoms with van der Waals surface area (Å²) in [5.74, 6) is 0.415. The molecule has 0 atom stereocenters. The van der Waals surface area contributed by atoms with Crippen LogP contribution in [-0.2, 0) is 13.1 Å². The minimum absolute atomic E-state index is 0.137. The van der Waals surface area contributed by atoms with Crippen molar-refractivity contribution in [3.63, 3.8) is 0 Å². The molecule has 172 valence electrons. The SMILES string of the molecule is CCn1ncc(CN(C)C(=O)c2nc(-c3cc4[nH]ccc4cc3C)nc3ccc(C)cc23)c1C. The van der Waals surface area contributed by atoms with Crippen molar-refractivity contribution in [3.05, 3.63) is 76.9 Å². The van der Waals surface area contributed by atoms with E-state index in [1.54, 1.807) is 4.90 Å². The molecule has 0 aliphatic carbocycles. The molecule has 0 bridgehead atoms. The lowest BCUT2D eigenvalue weighted by molar-refractivity contribution is 0.0781. The maximum absolute atomic E-state index is 13.7. The lowest BCUT2D eigenvalue weighted by atomic mass is 10.0. The van der Waals surface area contributed by atoms with Crippen LogP contribution in [0.3, 0.4) is 0 Å². The van der Waals surface area contributed by atoms with Gasteiger partial charge >= 0.3 is 0 Å². The van der Waals surface area contributed by atoms with Crippen LogP contribution in [0.15, 0.2) is 48.8 Å². The second-order valence-corrected chi connectivity index (χ2v) is 8.88. The number of rotatable bonds is 5. The van der Waals surface area contributed by atoms with Gasteiger partial charge in [0.05, 0.1) is 11.7 Å². The Morgan fingerprint density at radius 1 is 1.09 bits per heavy atom. The van der Waals surface area contributed by atoms with Gasteiger partial charge in [0.25, 0.3) is 5.91 Å². The Morgan fingerprint density at radius 3 is 2.68 bits per heavy atom. The fraction of sp³-hybridized carbons (Fsp3) is 0.259. The summed E-state index contributed by atoms with van der Waals surface area (Å²) in [6, 6.07) is 12.2. The first-order chi connectivity index (χ1) is 16.4. The monoisotopic (exact) mass is 452 g/mol. The van der Waals surface area contributed by atoms with Crippen molar-refractivity contribution in [3.8, 4) is 11.4 Å². The van der Waals surface area contributed by atoms with Gasteiger partial charge < -0.3 is 9.88 Å². The van der Waals surface area contributed by atoms with Crippen molar-refractivity contribution >= 4 is 27.7 Å². The van der Waals surface area contributed by atoms with E-state index in [2.05, 4.69) is 29.1 Å². The van der Waals surface area contributed by atoms with Gasteiger partial charge in [-0.3, -0.25) is 9.48 Å². The Bertz CT molecular complexity index is 1540. The molecule has 5 aromatic rings. The van der Waals surface area contributed by atoms with Crippen LogP contribution < -0.4 is 0 Å². The number of aromatic nitrogens is 5. The summed E-state index contributed by atoms with van der Waals surface area (Å²) in [6.45, 7) is 9.41. The molecule has 2 aromatic carbocycles. The van der Waals surface area contributed by atoms with Crippen LogP contribution in [0.2, 0.25) is 0 Å². The zero-order chi connectivity index (χ0) is 24.0. The van der Waals surface area contributed by atoms with Gasteiger partial charge in [-0.15, -0.1) is 0 Å². The minimum atomic E-state index is -0.137. The molecule has 3 heterocycles. The molecule has 0 aliphatic rings. The van der Waals surface area contributed by atoms with E-state index in [9.17, 15) is 4.79 Å². The molecule has 0 spiro atoms. The smallest absolute Gasteiger partial charge is 0.273 e. The van der Waals surface area contributed by atoms with Gasteiger partial charge in [-0.05, 0) is 69.0 Å². The number of hydrogen-bond acceptors (Lipinski definition) is 4. The number of carbonyl (C=O) groups excluding carboxylic acids is 1. The van der Waals surface area contributed by atoms with Crippen molar-refractivity contribution in [2.24, 2.45) is 0 Å². The number of amides is 1. The van der Waals surface area contributed by atoms with Gasteiger partial charge in [-0.25, -0.2) is 9.97 Å². The van der Waals surface area contributed by atoms with Gasteiger partial charge in [0.2, 0.25) is 0 Å². The molecular weight excluding hydrogens is 424 g/mol. The number of benzene rings is 2. The third-order valence-electron chi connectivity index (χ3n) is 6.45. The Morgan fingerprint density at radius 2 is 1.91 bits per heavy atom. The Labute approximate surface area is 198 Å². The molecule has 0 unspecified atom stereocenters. The summed E-state index contributed by atoms with van der Waals surface area (Å²) >= 11 is 0. The van der Waals surface area contributed by atoms with E-state index >= 15 is 0 Å². The number of nitrogens with one attached hydrogen (secondary N) is 1. The molecule has 3 aromatic heterocycles. The highest BCUT2D eigenvalue weighted by atomic mass is 16.2. The standard InChI is InChI=1S/C27H28N6O/c1-6-33-18(4)20(14-29-33)15-32(5)27(34)25-22-11-16(2)7-8-23(22)30-26(31-25)21-13-24-19(9-10-28-24)12-17(21)3/h7-14,28H,6,15H2,1-5H3. The first kappa shape index (κ1) is 21.8. The molecule has 0 radical (unpaired) electrons. The molecule has 1 amide bonds. The number of aryl methyl sites for hydroxylation is 3. The highest BCUT2D eigenvalue weighted by Gasteiger charge is 2.21. The van der Waals surface area contributed by atoms with Crippen LogP contribution in [0.25, 0.3) is 33.2 Å². The fourth-order valence-electron chi connectivity index (χ4n) is 4.45.